The molecule has 0 aliphatic heterocycles. The second kappa shape index (κ2) is 13.5. The molecule has 0 saturated carbocycles. The monoisotopic (exact) mass is 731 g/mol. The Balaban J connectivity index is 1.59. The highest BCUT2D eigenvalue weighted by Crippen LogP contribution is 2.37. The third kappa shape index (κ3) is 6.41. The van der Waals surface area contributed by atoms with Gasteiger partial charge in [-0.15, -0.1) is 0 Å². The molecule has 55 heavy (non-hydrogen) atoms. The highest BCUT2D eigenvalue weighted by atomic mass is 28.3. The third-order valence-corrected chi connectivity index (χ3v) is 16.5. The number of aromatic nitrogens is 1. The van der Waals surface area contributed by atoms with E-state index in [9.17, 15) is 0 Å². The third-order valence-electron chi connectivity index (χ3n) is 11.7. The zero-order valence-corrected chi connectivity index (χ0v) is 35.0. The summed E-state index contributed by atoms with van der Waals surface area (Å²) in [7, 11) is -3.05. The average molecular weight is 732 g/mol. The first kappa shape index (κ1) is 36.7. The van der Waals surface area contributed by atoms with Crippen LogP contribution in [-0.2, 0) is 16.2 Å². The minimum absolute atomic E-state index is 0.0401. The van der Waals surface area contributed by atoms with Crippen LogP contribution in [-0.4, -0.2) is 13.1 Å². The van der Waals surface area contributed by atoms with Crippen molar-refractivity contribution in [2.45, 2.75) is 78.6 Å². The Morgan fingerprint density at radius 2 is 0.782 bits per heavy atom. The predicted molar refractivity (Wildman–Crippen MR) is 242 cm³/mol. The van der Waals surface area contributed by atoms with E-state index in [1.807, 2.05) is 0 Å². The molecule has 0 fully saturated rings. The van der Waals surface area contributed by atoms with E-state index in [0.29, 0.717) is 0 Å². The van der Waals surface area contributed by atoms with Gasteiger partial charge in [0.15, 0.2) is 8.07 Å². The highest BCUT2D eigenvalue weighted by Gasteiger charge is 2.43. The molecule has 0 aliphatic rings. The summed E-state index contributed by atoms with van der Waals surface area (Å²) >= 11 is 0. The van der Waals surface area contributed by atoms with Gasteiger partial charge in [0.1, 0.15) is 0 Å². The van der Waals surface area contributed by atoms with Gasteiger partial charge in [0, 0.05) is 21.7 Å². The molecule has 0 aliphatic carbocycles. The minimum atomic E-state index is -3.05. The van der Waals surface area contributed by atoms with E-state index in [1.54, 1.807) is 0 Å². The summed E-state index contributed by atoms with van der Waals surface area (Å²) in [6, 6.07) is 60.2. The van der Waals surface area contributed by atoms with Gasteiger partial charge in [-0.2, -0.15) is 0 Å². The Hall–Kier alpha value is -5.31. The van der Waals surface area contributed by atoms with Gasteiger partial charge in [0.2, 0.25) is 0 Å². The predicted octanol–water partition coefficient (Wildman–Crippen LogP) is 11.5. The molecule has 0 amide bonds. The number of hydrogen-bond acceptors (Lipinski definition) is 1. The van der Waals surface area contributed by atoms with Crippen molar-refractivity contribution < 1.29 is 0 Å². The topological polar surface area (TPSA) is 12.9 Å². The lowest BCUT2D eigenvalue weighted by molar-refractivity contribution is 0.590. The van der Waals surface area contributed by atoms with Gasteiger partial charge >= 0.3 is 0 Å². The van der Waals surface area contributed by atoms with Crippen molar-refractivity contribution in [3.8, 4) is 11.3 Å². The van der Waals surface area contributed by atoms with Crippen LogP contribution in [0.5, 0.6) is 0 Å². The quantitative estimate of drug-likeness (QED) is 0.0976. The number of hydrogen-bond donors (Lipinski definition) is 0. The molecule has 8 rings (SSSR count). The summed E-state index contributed by atoms with van der Waals surface area (Å²) in [5, 5.41) is 11.8. The van der Waals surface area contributed by atoms with Crippen LogP contribution in [0.3, 0.4) is 0 Å². The zero-order valence-electron chi connectivity index (χ0n) is 34.0. The van der Waals surface area contributed by atoms with E-state index in [4.69, 9.17) is 4.98 Å². The van der Waals surface area contributed by atoms with Crippen LogP contribution >= 0.6 is 0 Å². The van der Waals surface area contributed by atoms with Gasteiger partial charge in [-0.1, -0.05) is 214 Å². The molecule has 1 heterocycles. The van der Waals surface area contributed by atoms with Crippen LogP contribution in [0.1, 0.15) is 79.0 Å². The lowest BCUT2D eigenvalue weighted by Gasteiger charge is -2.37. The smallest absolute Gasteiger partial charge is 0.180 e. The zero-order chi connectivity index (χ0) is 38.8. The van der Waals surface area contributed by atoms with Crippen LogP contribution in [0.4, 0.5) is 0 Å². The molecule has 1 aromatic heterocycles. The Bertz CT molecular complexity index is 2510. The average Bonchev–Trinajstić information content (AvgIpc) is 3.17. The SMILES string of the molecule is CC(C)(C)c1ccc([Si](c2ccc(C(C)(C)C)cc2)(c2ccc(C(C)(C)C)cc2)c2cc3c(-c4ccccc4)nc4ccccc4c3c3ccccc23)cc1. The molecule has 0 bridgehead atoms. The standard InChI is InChI=1S/C53H53NSi/c1-51(2,3)37-23-29-40(30-24-37)55(41-31-25-38(26-32-41)52(4,5)6,42-33-27-39(28-34-42)53(7,8)9)48-35-46-49(44-20-14-13-19-43(44)48)45-21-15-16-22-47(45)54-50(46)36-17-11-10-12-18-36/h10-35H,1-9H3. The molecule has 1 nitrogen and oxygen atoms in total. The van der Waals surface area contributed by atoms with Crippen molar-refractivity contribution in [2.24, 2.45) is 0 Å². The van der Waals surface area contributed by atoms with Gasteiger partial charge in [-0.3, -0.25) is 0 Å². The number of rotatable bonds is 5. The Morgan fingerprint density at radius 1 is 0.382 bits per heavy atom. The van der Waals surface area contributed by atoms with E-state index >= 15 is 0 Å². The molecule has 274 valence electrons. The Morgan fingerprint density at radius 3 is 1.24 bits per heavy atom. The maximum Gasteiger partial charge on any atom is 0.180 e. The van der Waals surface area contributed by atoms with Gasteiger partial charge < -0.3 is 0 Å². The largest absolute Gasteiger partial charge is 0.247 e. The van der Waals surface area contributed by atoms with E-state index in [0.717, 1.165) is 16.8 Å². The molecular weight excluding hydrogens is 679 g/mol. The number of nitrogens with zero attached hydrogens (tertiary/aromatic N) is 1. The number of fused-ring (bicyclic) bond motifs is 5. The molecule has 0 saturated heterocycles. The molecule has 0 unspecified atom stereocenters. The van der Waals surface area contributed by atoms with Crippen LogP contribution in [0.25, 0.3) is 43.7 Å². The van der Waals surface area contributed by atoms with E-state index < -0.39 is 8.07 Å². The fourth-order valence-corrected chi connectivity index (χ4v) is 13.5. The van der Waals surface area contributed by atoms with Crippen LogP contribution in [0.2, 0.25) is 0 Å². The van der Waals surface area contributed by atoms with E-state index in [2.05, 4.69) is 220 Å². The lowest BCUT2D eigenvalue weighted by Crippen LogP contribution is -2.75. The fourth-order valence-electron chi connectivity index (χ4n) is 8.57. The van der Waals surface area contributed by atoms with Crippen molar-refractivity contribution in [2.75, 3.05) is 0 Å². The molecule has 7 aromatic carbocycles. The fraction of sp³-hybridized carbons (Fsp3) is 0.226. The number of benzene rings is 7. The molecule has 0 atom stereocenters. The van der Waals surface area contributed by atoms with E-state index in [-0.39, 0.29) is 16.2 Å². The van der Waals surface area contributed by atoms with Crippen molar-refractivity contribution in [3.63, 3.8) is 0 Å². The van der Waals surface area contributed by atoms with Gasteiger partial charge in [-0.05, 0) is 70.5 Å². The van der Waals surface area contributed by atoms with Crippen molar-refractivity contribution >= 4 is 61.3 Å². The second-order valence-electron chi connectivity index (χ2n) is 18.5. The number of pyridine rings is 1. The molecule has 0 N–H and O–H groups in total. The maximum absolute atomic E-state index is 5.45. The lowest BCUT2D eigenvalue weighted by atomic mass is 9.87. The first-order valence-electron chi connectivity index (χ1n) is 19.8. The second-order valence-corrected chi connectivity index (χ2v) is 22.2. The highest BCUT2D eigenvalue weighted by molar-refractivity contribution is 7.20. The molecule has 0 radical (unpaired) electrons. The summed E-state index contributed by atoms with van der Waals surface area (Å²) in [5.74, 6) is 0. The van der Waals surface area contributed by atoms with Gasteiger partial charge in [-0.25, -0.2) is 4.98 Å². The first-order valence-corrected chi connectivity index (χ1v) is 21.8. The molecule has 0 spiro atoms. The Labute approximate surface area is 329 Å². The van der Waals surface area contributed by atoms with Crippen molar-refractivity contribution in [1.82, 2.24) is 4.98 Å². The minimum Gasteiger partial charge on any atom is -0.247 e. The summed E-state index contributed by atoms with van der Waals surface area (Å²) in [5.41, 5.74) is 7.32. The van der Waals surface area contributed by atoms with Crippen LogP contribution in [0, 0.1) is 0 Å². The first-order chi connectivity index (χ1) is 26.2. The molecule has 8 aromatic rings. The maximum atomic E-state index is 5.45. The number of para-hydroxylation sites is 1. The normalized spacial score (nSPS) is 12.8. The molecule has 2 heteroatoms. The van der Waals surface area contributed by atoms with E-state index in [1.165, 1.54) is 64.4 Å². The van der Waals surface area contributed by atoms with Gasteiger partial charge in [0.25, 0.3) is 0 Å². The van der Waals surface area contributed by atoms with Crippen molar-refractivity contribution in [3.05, 3.63) is 174 Å². The summed E-state index contributed by atoms with van der Waals surface area (Å²) in [6.07, 6.45) is 0. The van der Waals surface area contributed by atoms with Crippen LogP contribution in [0.15, 0.2) is 158 Å². The summed E-state index contributed by atoms with van der Waals surface area (Å²) < 4.78 is 0. The van der Waals surface area contributed by atoms with Crippen LogP contribution < -0.4 is 20.7 Å². The summed E-state index contributed by atoms with van der Waals surface area (Å²) in [6.45, 7) is 20.8. The summed E-state index contributed by atoms with van der Waals surface area (Å²) in [4.78, 5) is 5.45. The Kier molecular flexibility index (Phi) is 8.97. The van der Waals surface area contributed by atoms with Gasteiger partial charge in [0.05, 0.1) is 11.2 Å². The molecular formula is C53H53NSi. The van der Waals surface area contributed by atoms with Crippen molar-refractivity contribution in [1.29, 1.82) is 0 Å².